The summed E-state index contributed by atoms with van der Waals surface area (Å²) in [6, 6.07) is 0. The summed E-state index contributed by atoms with van der Waals surface area (Å²) in [6.07, 6.45) is 8.51. The Morgan fingerprint density at radius 1 is 1.50 bits per heavy atom. The molecule has 0 aromatic rings. The normalized spacial score (nSPS) is 16.6. The summed E-state index contributed by atoms with van der Waals surface area (Å²) in [5, 5.41) is 0. The molecule has 8 heavy (non-hydrogen) atoms. The molecule has 1 aliphatic carbocycles. The van der Waals surface area contributed by atoms with E-state index in [9.17, 15) is 0 Å². The highest BCUT2D eigenvalue weighted by atomic mass is 127. The maximum atomic E-state index is 5.39. The van der Waals surface area contributed by atoms with E-state index in [1.54, 1.807) is 6.08 Å². The number of hydrogen-bond donors (Lipinski definition) is 1. The van der Waals surface area contributed by atoms with E-state index in [0.717, 1.165) is 9.28 Å². The van der Waals surface area contributed by atoms with Gasteiger partial charge in [-0.15, -0.1) is 0 Å². The molecule has 0 saturated heterocycles. The molecule has 0 radical (unpaired) electrons. The van der Waals surface area contributed by atoms with E-state index in [1.807, 2.05) is 12.2 Å². The largest absolute Gasteiger partial charge is 0.347 e. The van der Waals surface area contributed by atoms with Crippen LogP contribution in [0.2, 0.25) is 0 Å². The van der Waals surface area contributed by atoms with Gasteiger partial charge in [0.1, 0.15) is 11.8 Å². The number of allylic oxidation sites excluding steroid dienone is 5. The van der Waals surface area contributed by atoms with Crippen molar-refractivity contribution in [2.24, 2.45) is 5.73 Å². The van der Waals surface area contributed by atoms with Gasteiger partial charge >= 0.3 is 0 Å². The molecular formula is C6H5IN+. The lowest BCUT2D eigenvalue weighted by Gasteiger charge is -1.83. The molecular weight excluding hydrogens is 213 g/mol. The van der Waals surface area contributed by atoms with Crippen molar-refractivity contribution >= 4 is 22.6 Å². The first-order chi connectivity index (χ1) is 3.79. The Balaban J connectivity index is 2.86. The van der Waals surface area contributed by atoms with E-state index in [-0.39, 0.29) is 0 Å². The number of rotatable bonds is 0. The SMILES string of the molecule is NC1=C[C+]=C(I)C=C1. The molecule has 2 N–H and O–H groups in total. The quantitative estimate of drug-likeness (QED) is 0.484. The summed E-state index contributed by atoms with van der Waals surface area (Å²) in [7, 11) is 0. The van der Waals surface area contributed by atoms with Crippen LogP contribution in [0.5, 0.6) is 0 Å². The van der Waals surface area contributed by atoms with Gasteiger partial charge in [-0.2, -0.15) is 0 Å². The minimum Gasteiger partial charge on any atom is -0.347 e. The van der Waals surface area contributed by atoms with Crippen LogP contribution in [0.3, 0.4) is 0 Å². The molecule has 0 aliphatic heterocycles. The average Bonchev–Trinajstić information content (AvgIpc) is 1.77. The predicted molar refractivity (Wildman–Crippen MR) is 42.2 cm³/mol. The summed E-state index contributed by atoms with van der Waals surface area (Å²) < 4.78 is 1.09. The first-order valence-electron chi connectivity index (χ1n) is 2.22. The standard InChI is InChI=1S/C6H5IN/c7-5-1-3-6(8)4-2-5/h1,3-4H,8H2/q+1. The molecule has 1 nitrogen and oxygen atoms in total. The topological polar surface area (TPSA) is 26.0 Å². The second-order valence-electron chi connectivity index (χ2n) is 1.47. The smallest absolute Gasteiger partial charge is 0.175 e. The summed E-state index contributed by atoms with van der Waals surface area (Å²) >= 11 is 2.19. The fourth-order valence-electron chi connectivity index (χ4n) is 0.418. The van der Waals surface area contributed by atoms with E-state index in [0.29, 0.717) is 0 Å². The Morgan fingerprint density at radius 2 is 2.25 bits per heavy atom. The summed E-state index contributed by atoms with van der Waals surface area (Å²) in [4.78, 5) is 0. The third-order valence-electron chi connectivity index (χ3n) is 0.799. The monoisotopic (exact) mass is 218 g/mol. The van der Waals surface area contributed by atoms with Crippen LogP contribution in [0.4, 0.5) is 0 Å². The second kappa shape index (κ2) is 2.29. The molecule has 0 atom stereocenters. The highest BCUT2D eigenvalue weighted by molar-refractivity contribution is 14.1. The van der Waals surface area contributed by atoms with Gasteiger partial charge in [0, 0.05) is 22.6 Å². The van der Waals surface area contributed by atoms with E-state index in [1.165, 1.54) is 0 Å². The molecule has 0 fully saturated rings. The van der Waals surface area contributed by atoms with Crippen LogP contribution in [0, 0.1) is 6.08 Å². The summed E-state index contributed by atoms with van der Waals surface area (Å²) in [6.45, 7) is 0. The second-order valence-corrected chi connectivity index (χ2v) is 2.63. The zero-order chi connectivity index (χ0) is 5.98. The van der Waals surface area contributed by atoms with Gasteiger partial charge in [0.15, 0.2) is 3.58 Å². The molecule has 0 bridgehead atoms. The van der Waals surface area contributed by atoms with Gasteiger partial charge < -0.3 is 5.73 Å². The van der Waals surface area contributed by atoms with E-state index in [2.05, 4.69) is 28.7 Å². The molecule has 0 amide bonds. The Labute approximate surface area is 62.1 Å². The van der Waals surface area contributed by atoms with Crippen LogP contribution in [0.15, 0.2) is 27.5 Å². The lowest BCUT2D eigenvalue weighted by Crippen LogP contribution is -1.93. The third kappa shape index (κ3) is 1.32. The molecule has 0 aromatic carbocycles. The molecule has 0 heterocycles. The molecule has 0 spiro atoms. The van der Waals surface area contributed by atoms with Crippen molar-refractivity contribution in [3.05, 3.63) is 33.6 Å². The Bertz CT molecular complexity index is 157. The fraction of sp³-hybridized carbons (Fsp3) is 0. The van der Waals surface area contributed by atoms with Gasteiger partial charge in [0.2, 0.25) is 0 Å². The lowest BCUT2D eigenvalue weighted by molar-refractivity contribution is 1.40. The molecule has 0 saturated carbocycles. The fourth-order valence-corrected chi connectivity index (χ4v) is 0.753. The van der Waals surface area contributed by atoms with Crippen molar-refractivity contribution in [3.63, 3.8) is 0 Å². The van der Waals surface area contributed by atoms with Crippen LogP contribution < -0.4 is 5.73 Å². The Hall–Kier alpha value is -0.340. The van der Waals surface area contributed by atoms with Crippen molar-refractivity contribution < 1.29 is 0 Å². The summed E-state index contributed by atoms with van der Waals surface area (Å²) in [5.74, 6) is 0. The van der Waals surface area contributed by atoms with Crippen molar-refractivity contribution in [2.45, 2.75) is 0 Å². The van der Waals surface area contributed by atoms with Gasteiger partial charge in [-0.1, -0.05) is 0 Å². The molecule has 0 unspecified atom stereocenters. The number of nitrogens with two attached hydrogens (primary N) is 1. The third-order valence-corrected chi connectivity index (χ3v) is 1.47. The van der Waals surface area contributed by atoms with E-state index in [4.69, 9.17) is 5.73 Å². The first-order valence-corrected chi connectivity index (χ1v) is 3.29. The van der Waals surface area contributed by atoms with Crippen molar-refractivity contribution in [1.29, 1.82) is 0 Å². The van der Waals surface area contributed by atoms with Gasteiger partial charge in [-0.25, -0.2) is 0 Å². The van der Waals surface area contributed by atoms with Crippen LogP contribution in [0.1, 0.15) is 0 Å². The number of halogens is 1. The average molecular weight is 218 g/mol. The Morgan fingerprint density at radius 3 is 2.62 bits per heavy atom. The maximum Gasteiger partial charge on any atom is 0.175 e. The zero-order valence-electron chi connectivity index (χ0n) is 4.19. The van der Waals surface area contributed by atoms with Crippen LogP contribution >= 0.6 is 22.6 Å². The van der Waals surface area contributed by atoms with Crippen LogP contribution in [-0.4, -0.2) is 0 Å². The molecule has 1 rings (SSSR count). The summed E-state index contributed by atoms with van der Waals surface area (Å²) in [5.41, 5.74) is 6.16. The molecule has 0 aromatic heterocycles. The van der Waals surface area contributed by atoms with E-state index < -0.39 is 0 Å². The van der Waals surface area contributed by atoms with E-state index >= 15 is 0 Å². The highest BCUT2D eigenvalue weighted by Gasteiger charge is 2.00. The molecule has 1 aliphatic rings. The minimum atomic E-state index is 0.769. The first kappa shape index (κ1) is 5.79. The highest BCUT2D eigenvalue weighted by Crippen LogP contribution is 2.11. The molecule has 2 heteroatoms. The van der Waals surface area contributed by atoms with Gasteiger partial charge in [-0.05, 0) is 0 Å². The van der Waals surface area contributed by atoms with Gasteiger partial charge in [-0.3, -0.25) is 0 Å². The maximum absolute atomic E-state index is 5.39. The zero-order valence-corrected chi connectivity index (χ0v) is 6.34. The minimum absolute atomic E-state index is 0.769. The van der Waals surface area contributed by atoms with Crippen molar-refractivity contribution in [2.75, 3.05) is 0 Å². The van der Waals surface area contributed by atoms with Crippen LogP contribution in [-0.2, 0) is 0 Å². The predicted octanol–water partition coefficient (Wildman–Crippen LogP) is 1.52. The van der Waals surface area contributed by atoms with Gasteiger partial charge in [0.25, 0.3) is 0 Å². The molecule has 40 valence electrons. The van der Waals surface area contributed by atoms with Crippen LogP contribution in [0.25, 0.3) is 0 Å². The lowest BCUT2D eigenvalue weighted by atomic mass is 10.3. The number of hydrogen-bond acceptors (Lipinski definition) is 1. The Kier molecular flexibility index (Phi) is 1.65. The van der Waals surface area contributed by atoms with Crippen molar-refractivity contribution in [3.8, 4) is 0 Å². The van der Waals surface area contributed by atoms with Crippen molar-refractivity contribution in [1.82, 2.24) is 0 Å². The van der Waals surface area contributed by atoms with Gasteiger partial charge in [0.05, 0.1) is 18.2 Å².